The summed E-state index contributed by atoms with van der Waals surface area (Å²) in [6.45, 7) is 2.62. The lowest BCUT2D eigenvalue weighted by atomic mass is 10.6. The summed E-state index contributed by atoms with van der Waals surface area (Å²) in [6.07, 6.45) is 1.84. The van der Waals surface area contributed by atoms with Crippen molar-refractivity contribution in [2.45, 2.75) is 6.92 Å². The number of methoxy groups -OCH3 is 1. The predicted molar refractivity (Wildman–Crippen MR) is 46.9 cm³/mol. The summed E-state index contributed by atoms with van der Waals surface area (Å²) in [6, 6.07) is 0. The molecule has 0 spiro atoms. The van der Waals surface area contributed by atoms with E-state index >= 15 is 0 Å². The molecule has 0 N–H and O–H groups in total. The van der Waals surface area contributed by atoms with Crippen LogP contribution >= 0.6 is 11.8 Å². The van der Waals surface area contributed by atoms with Gasteiger partial charge in [0, 0.05) is 7.11 Å². The van der Waals surface area contributed by atoms with Gasteiger partial charge in [-0.2, -0.15) is 0 Å². The zero-order valence-electron chi connectivity index (χ0n) is 6.39. The van der Waals surface area contributed by atoms with Crippen LogP contribution in [0.25, 0.3) is 0 Å². The molecule has 0 aliphatic heterocycles. The molecule has 0 saturated heterocycles. The van der Waals surface area contributed by atoms with Gasteiger partial charge in [-0.15, -0.1) is 11.8 Å². The Balaban J connectivity index is 3.25. The minimum absolute atomic E-state index is 0.515. The quantitative estimate of drug-likeness (QED) is 0.577. The Morgan fingerprint density at radius 1 is 1.60 bits per heavy atom. The second kappa shape index (κ2) is 8.61. The van der Waals surface area contributed by atoms with Crippen molar-refractivity contribution in [3.63, 3.8) is 0 Å². The first-order valence-corrected chi connectivity index (χ1v) is 4.20. The van der Waals surface area contributed by atoms with Crippen LogP contribution in [0.1, 0.15) is 6.92 Å². The molecule has 0 aromatic carbocycles. The number of ether oxygens (including phenoxy) is 1. The molecule has 0 amide bonds. The van der Waals surface area contributed by atoms with Crippen molar-refractivity contribution in [1.82, 2.24) is 0 Å². The first-order valence-electron chi connectivity index (χ1n) is 3.15. The Kier molecular flexibility index (Phi) is 8.27. The minimum atomic E-state index is 0.515. The monoisotopic (exact) mass is 156 g/mol. The van der Waals surface area contributed by atoms with Gasteiger partial charge in [-0.25, -0.2) is 0 Å². The predicted octanol–water partition coefficient (Wildman–Crippen LogP) is 1.90. The van der Waals surface area contributed by atoms with E-state index in [9.17, 15) is 0 Å². The van der Waals surface area contributed by atoms with Gasteiger partial charge in [-0.05, 0) is 17.2 Å². The molecular formula is C8H12OS. The van der Waals surface area contributed by atoms with Crippen molar-refractivity contribution in [1.29, 1.82) is 0 Å². The standard InChI is InChI=1S/C8H12OS/c1-3-10-8-6-4-5-7-9-2/h6,8H,3,7H2,1-2H3/b8-6+. The zero-order valence-corrected chi connectivity index (χ0v) is 7.20. The van der Waals surface area contributed by atoms with Crippen molar-refractivity contribution >= 4 is 11.8 Å². The zero-order chi connectivity index (χ0) is 7.66. The Morgan fingerprint density at radius 3 is 3.00 bits per heavy atom. The molecule has 0 aliphatic carbocycles. The molecule has 10 heavy (non-hydrogen) atoms. The maximum Gasteiger partial charge on any atom is 0.107 e. The molecule has 0 rings (SSSR count). The Labute approximate surface area is 66.8 Å². The van der Waals surface area contributed by atoms with Crippen LogP contribution in [0, 0.1) is 11.8 Å². The second-order valence-electron chi connectivity index (χ2n) is 1.51. The topological polar surface area (TPSA) is 9.23 Å². The third-order valence-corrected chi connectivity index (χ3v) is 1.39. The van der Waals surface area contributed by atoms with Gasteiger partial charge >= 0.3 is 0 Å². The van der Waals surface area contributed by atoms with E-state index in [1.807, 2.05) is 11.5 Å². The molecule has 0 heterocycles. The average molecular weight is 156 g/mol. The van der Waals surface area contributed by atoms with Gasteiger partial charge in [0.25, 0.3) is 0 Å². The number of hydrogen-bond acceptors (Lipinski definition) is 2. The van der Waals surface area contributed by atoms with Crippen LogP contribution in [-0.4, -0.2) is 19.5 Å². The lowest BCUT2D eigenvalue weighted by molar-refractivity contribution is 0.240. The van der Waals surface area contributed by atoms with Crippen LogP contribution in [0.3, 0.4) is 0 Å². The summed E-state index contributed by atoms with van der Waals surface area (Å²) in [4.78, 5) is 0. The van der Waals surface area contributed by atoms with Gasteiger partial charge in [0.15, 0.2) is 0 Å². The van der Waals surface area contributed by atoms with Crippen molar-refractivity contribution < 1.29 is 4.74 Å². The molecule has 0 aromatic heterocycles. The van der Waals surface area contributed by atoms with Gasteiger partial charge in [0.05, 0.1) is 0 Å². The average Bonchev–Trinajstić information content (AvgIpc) is 1.97. The molecule has 0 unspecified atom stereocenters. The van der Waals surface area contributed by atoms with E-state index in [4.69, 9.17) is 4.74 Å². The maximum absolute atomic E-state index is 4.73. The number of hydrogen-bond donors (Lipinski definition) is 0. The molecule has 0 aromatic rings. The fourth-order valence-electron chi connectivity index (χ4n) is 0.351. The molecule has 0 radical (unpaired) electrons. The first-order chi connectivity index (χ1) is 4.91. The van der Waals surface area contributed by atoms with Crippen LogP contribution in [0.5, 0.6) is 0 Å². The Hall–Kier alpha value is -0.390. The van der Waals surface area contributed by atoms with E-state index in [1.165, 1.54) is 0 Å². The smallest absolute Gasteiger partial charge is 0.107 e. The molecule has 0 atom stereocenters. The highest BCUT2D eigenvalue weighted by Crippen LogP contribution is 1.97. The van der Waals surface area contributed by atoms with E-state index in [0.717, 1.165) is 5.75 Å². The molecule has 2 heteroatoms. The van der Waals surface area contributed by atoms with E-state index in [1.54, 1.807) is 18.9 Å². The van der Waals surface area contributed by atoms with Gasteiger partial charge < -0.3 is 4.74 Å². The van der Waals surface area contributed by atoms with E-state index < -0.39 is 0 Å². The van der Waals surface area contributed by atoms with E-state index in [2.05, 4.69) is 18.8 Å². The highest BCUT2D eigenvalue weighted by molar-refractivity contribution is 8.02. The summed E-state index contributed by atoms with van der Waals surface area (Å²) in [5.74, 6) is 6.77. The summed E-state index contributed by atoms with van der Waals surface area (Å²) >= 11 is 1.74. The van der Waals surface area contributed by atoms with Gasteiger partial charge in [0.1, 0.15) is 6.61 Å². The third kappa shape index (κ3) is 7.61. The van der Waals surface area contributed by atoms with Crippen LogP contribution in [-0.2, 0) is 4.74 Å². The molecule has 1 nitrogen and oxygen atoms in total. The van der Waals surface area contributed by atoms with Crippen LogP contribution in [0.4, 0.5) is 0 Å². The van der Waals surface area contributed by atoms with Gasteiger partial charge in [0.2, 0.25) is 0 Å². The van der Waals surface area contributed by atoms with Crippen LogP contribution in [0.15, 0.2) is 11.5 Å². The minimum Gasteiger partial charge on any atom is -0.372 e. The third-order valence-electron chi connectivity index (χ3n) is 0.733. The van der Waals surface area contributed by atoms with Crippen molar-refractivity contribution in [3.05, 3.63) is 11.5 Å². The highest BCUT2D eigenvalue weighted by atomic mass is 32.2. The first kappa shape index (κ1) is 9.61. The molecule has 0 aliphatic rings. The lowest BCUT2D eigenvalue weighted by Crippen LogP contribution is -1.79. The van der Waals surface area contributed by atoms with Crippen molar-refractivity contribution in [3.8, 4) is 11.8 Å². The summed E-state index contributed by atoms with van der Waals surface area (Å²) < 4.78 is 4.73. The normalized spacial score (nSPS) is 9.40. The number of thioether (sulfide) groups is 1. The van der Waals surface area contributed by atoms with Crippen LogP contribution < -0.4 is 0 Å². The fraction of sp³-hybridized carbons (Fsp3) is 0.500. The molecule has 0 fully saturated rings. The summed E-state index contributed by atoms with van der Waals surface area (Å²) in [5.41, 5.74) is 0. The number of allylic oxidation sites excluding steroid dienone is 1. The van der Waals surface area contributed by atoms with Gasteiger partial charge in [-0.1, -0.05) is 18.8 Å². The van der Waals surface area contributed by atoms with Crippen LogP contribution in [0.2, 0.25) is 0 Å². The van der Waals surface area contributed by atoms with Crippen molar-refractivity contribution in [2.75, 3.05) is 19.5 Å². The lowest BCUT2D eigenvalue weighted by Gasteiger charge is -1.80. The highest BCUT2D eigenvalue weighted by Gasteiger charge is 1.68. The Morgan fingerprint density at radius 2 is 2.40 bits per heavy atom. The van der Waals surface area contributed by atoms with E-state index in [-0.39, 0.29) is 0 Å². The molecule has 0 bridgehead atoms. The second-order valence-corrected chi connectivity index (χ2v) is 2.70. The molecular weight excluding hydrogens is 144 g/mol. The van der Waals surface area contributed by atoms with E-state index in [0.29, 0.717) is 6.61 Å². The molecule has 0 saturated carbocycles. The number of rotatable bonds is 3. The maximum atomic E-state index is 4.73. The summed E-state index contributed by atoms with van der Waals surface area (Å²) in [5, 5.41) is 1.99. The Bertz CT molecular complexity index is 141. The largest absolute Gasteiger partial charge is 0.372 e. The van der Waals surface area contributed by atoms with Gasteiger partial charge in [-0.3, -0.25) is 0 Å². The molecule has 56 valence electrons. The van der Waals surface area contributed by atoms with Crippen molar-refractivity contribution in [2.24, 2.45) is 0 Å². The SMILES string of the molecule is CCS/C=C/C#CCOC. The summed E-state index contributed by atoms with van der Waals surface area (Å²) in [7, 11) is 1.64. The fourth-order valence-corrected chi connectivity index (χ4v) is 0.708.